The van der Waals surface area contributed by atoms with Crippen LogP contribution in [-0.2, 0) is 11.3 Å². The molecule has 1 aromatic heterocycles. The Balaban J connectivity index is 1.81. The summed E-state index contributed by atoms with van der Waals surface area (Å²) in [5.74, 6) is 0.978. The van der Waals surface area contributed by atoms with Gasteiger partial charge in [0.1, 0.15) is 0 Å². The number of aromatic nitrogens is 1. The third-order valence-corrected chi connectivity index (χ3v) is 4.36. The number of piperidine rings is 1. The van der Waals surface area contributed by atoms with Gasteiger partial charge >= 0.3 is 0 Å². The molecule has 112 valence electrons. The van der Waals surface area contributed by atoms with Crippen LogP contribution in [0.5, 0.6) is 0 Å². The van der Waals surface area contributed by atoms with Crippen molar-refractivity contribution in [2.75, 3.05) is 26.7 Å². The molecule has 1 aromatic rings. The van der Waals surface area contributed by atoms with E-state index in [0.717, 1.165) is 50.0 Å². The lowest BCUT2D eigenvalue weighted by Crippen LogP contribution is -2.46. The first-order valence-corrected chi connectivity index (χ1v) is 8.03. The highest BCUT2D eigenvalue weighted by Crippen LogP contribution is 2.14. The first-order valence-electron chi connectivity index (χ1n) is 7.21. The lowest BCUT2D eigenvalue weighted by atomic mass is 10.1. The fraction of sp³-hybridized carbons (Fsp3) is 0.714. The van der Waals surface area contributed by atoms with E-state index in [2.05, 4.69) is 27.1 Å². The average molecular weight is 296 g/mol. The fourth-order valence-corrected chi connectivity index (χ4v) is 3.19. The van der Waals surface area contributed by atoms with E-state index < -0.39 is 0 Å². The van der Waals surface area contributed by atoms with Crippen LogP contribution in [0.3, 0.4) is 0 Å². The molecule has 0 saturated carbocycles. The molecule has 2 rings (SSSR count). The molecule has 0 amide bonds. The smallest absolute Gasteiger partial charge is 0.193 e. The van der Waals surface area contributed by atoms with Crippen LogP contribution in [0.4, 0.5) is 0 Å². The maximum atomic E-state index is 5.68. The highest BCUT2D eigenvalue weighted by Gasteiger charge is 2.21. The Morgan fingerprint density at radius 2 is 2.30 bits per heavy atom. The number of nitrogens with one attached hydrogen (secondary N) is 1. The second-order valence-electron chi connectivity index (χ2n) is 4.89. The van der Waals surface area contributed by atoms with Crippen molar-refractivity contribution in [3.8, 4) is 0 Å². The minimum atomic E-state index is 0.415. The molecule has 0 radical (unpaired) electrons. The third-order valence-electron chi connectivity index (χ3n) is 3.45. The Morgan fingerprint density at radius 1 is 1.55 bits per heavy atom. The first-order chi connectivity index (χ1) is 9.72. The van der Waals surface area contributed by atoms with Gasteiger partial charge in [-0.25, -0.2) is 4.98 Å². The molecule has 0 aliphatic carbocycles. The fourth-order valence-electron chi connectivity index (χ4n) is 2.46. The molecule has 1 aliphatic heterocycles. The van der Waals surface area contributed by atoms with Gasteiger partial charge in [0.2, 0.25) is 0 Å². The number of ether oxygens (including phenoxy) is 1. The molecule has 1 N–H and O–H groups in total. The van der Waals surface area contributed by atoms with Gasteiger partial charge in [0.15, 0.2) is 5.96 Å². The minimum Gasteiger partial charge on any atom is -0.378 e. The van der Waals surface area contributed by atoms with E-state index in [4.69, 9.17) is 4.74 Å². The van der Waals surface area contributed by atoms with Gasteiger partial charge in [-0.1, -0.05) is 0 Å². The monoisotopic (exact) mass is 296 g/mol. The average Bonchev–Trinajstić information content (AvgIpc) is 2.87. The second kappa shape index (κ2) is 7.59. The SMILES string of the molecule is CCOC1CCN(C(=NC)NCc2cnc(C)s2)CC1. The van der Waals surface area contributed by atoms with Crippen LogP contribution in [0.2, 0.25) is 0 Å². The predicted octanol–water partition coefficient (Wildman–Crippen LogP) is 2.03. The molecular formula is C14H24N4OS. The predicted molar refractivity (Wildman–Crippen MR) is 83.3 cm³/mol. The van der Waals surface area contributed by atoms with Gasteiger partial charge in [-0.3, -0.25) is 4.99 Å². The van der Waals surface area contributed by atoms with Crippen molar-refractivity contribution in [2.24, 2.45) is 4.99 Å². The molecule has 1 aliphatic rings. The molecule has 2 heterocycles. The van der Waals surface area contributed by atoms with E-state index >= 15 is 0 Å². The van der Waals surface area contributed by atoms with Crippen molar-refractivity contribution in [3.63, 3.8) is 0 Å². The number of likely N-dealkylation sites (tertiary alicyclic amines) is 1. The molecule has 0 aromatic carbocycles. The summed E-state index contributed by atoms with van der Waals surface area (Å²) < 4.78 is 5.68. The molecule has 0 unspecified atom stereocenters. The maximum absolute atomic E-state index is 5.68. The van der Waals surface area contributed by atoms with Crippen LogP contribution in [0, 0.1) is 6.92 Å². The molecule has 6 heteroatoms. The summed E-state index contributed by atoms with van der Waals surface area (Å²) >= 11 is 1.73. The van der Waals surface area contributed by atoms with Crippen LogP contribution < -0.4 is 5.32 Å². The highest BCUT2D eigenvalue weighted by molar-refractivity contribution is 7.11. The third kappa shape index (κ3) is 4.18. The molecular weight excluding hydrogens is 272 g/mol. The summed E-state index contributed by atoms with van der Waals surface area (Å²) in [6.07, 6.45) is 4.50. The molecule has 0 spiro atoms. The van der Waals surface area contributed by atoms with Crippen molar-refractivity contribution in [1.29, 1.82) is 0 Å². The van der Waals surface area contributed by atoms with E-state index in [1.807, 2.05) is 20.2 Å². The van der Waals surface area contributed by atoms with E-state index in [9.17, 15) is 0 Å². The number of aryl methyl sites for hydroxylation is 1. The molecule has 1 fully saturated rings. The number of hydrogen-bond acceptors (Lipinski definition) is 4. The number of hydrogen-bond donors (Lipinski definition) is 1. The number of nitrogens with zero attached hydrogens (tertiary/aromatic N) is 3. The van der Waals surface area contributed by atoms with Gasteiger partial charge in [0.05, 0.1) is 17.7 Å². The normalized spacial score (nSPS) is 17.6. The van der Waals surface area contributed by atoms with Crippen LogP contribution in [0.25, 0.3) is 0 Å². The van der Waals surface area contributed by atoms with Gasteiger partial charge in [-0.15, -0.1) is 11.3 Å². The Morgan fingerprint density at radius 3 is 2.85 bits per heavy atom. The van der Waals surface area contributed by atoms with Gasteiger partial charge in [0.25, 0.3) is 0 Å². The van der Waals surface area contributed by atoms with Crippen molar-refractivity contribution >= 4 is 17.3 Å². The summed E-state index contributed by atoms with van der Waals surface area (Å²) in [6.45, 7) is 7.70. The van der Waals surface area contributed by atoms with E-state index in [1.54, 1.807) is 11.3 Å². The number of aliphatic imine (C=N–C) groups is 1. The van der Waals surface area contributed by atoms with Crippen LogP contribution >= 0.6 is 11.3 Å². The Bertz CT molecular complexity index is 438. The van der Waals surface area contributed by atoms with Gasteiger partial charge < -0.3 is 15.0 Å². The molecule has 5 nitrogen and oxygen atoms in total. The summed E-state index contributed by atoms with van der Waals surface area (Å²) in [7, 11) is 1.84. The number of guanidine groups is 1. The molecule has 20 heavy (non-hydrogen) atoms. The molecule has 0 bridgehead atoms. The zero-order valence-electron chi connectivity index (χ0n) is 12.6. The van der Waals surface area contributed by atoms with E-state index in [0.29, 0.717) is 6.10 Å². The quantitative estimate of drug-likeness (QED) is 0.682. The second-order valence-corrected chi connectivity index (χ2v) is 6.21. The van der Waals surface area contributed by atoms with Gasteiger partial charge in [-0.2, -0.15) is 0 Å². The zero-order valence-corrected chi connectivity index (χ0v) is 13.4. The summed E-state index contributed by atoms with van der Waals surface area (Å²) in [6, 6.07) is 0. The van der Waals surface area contributed by atoms with Crippen molar-refractivity contribution in [2.45, 2.75) is 39.3 Å². The lowest BCUT2D eigenvalue weighted by Gasteiger charge is -2.33. The molecule has 0 atom stereocenters. The van der Waals surface area contributed by atoms with E-state index in [1.165, 1.54) is 4.88 Å². The largest absolute Gasteiger partial charge is 0.378 e. The topological polar surface area (TPSA) is 49.8 Å². The van der Waals surface area contributed by atoms with Crippen LogP contribution in [-0.4, -0.2) is 48.7 Å². The summed E-state index contributed by atoms with van der Waals surface area (Å²) in [4.78, 5) is 12.2. The van der Waals surface area contributed by atoms with E-state index in [-0.39, 0.29) is 0 Å². The van der Waals surface area contributed by atoms with Crippen molar-refractivity contribution in [1.82, 2.24) is 15.2 Å². The number of thiazole rings is 1. The minimum absolute atomic E-state index is 0.415. The highest BCUT2D eigenvalue weighted by atomic mass is 32.1. The Labute approximate surface area is 125 Å². The Hall–Kier alpha value is -1.14. The maximum Gasteiger partial charge on any atom is 0.193 e. The standard InChI is InChI=1S/C14H24N4OS/c1-4-19-12-5-7-18(8-6-12)14(15-3)17-10-13-9-16-11(2)20-13/h9,12H,4-8,10H2,1-3H3,(H,15,17). The van der Waals surface area contributed by atoms with Crippen molar-refractivity contribution < 1.29 is 4.74 Å². The first kappa shape index (κ1) is 15.3. The summed E-state index contributed by atoms with van der Waals surface area (Å²) in [5.41, 5.74) is 0. The Kier molecular flexibility index (Phi) is 5.79. The zero-order chi connectivity index (χ0) is 14.4. The van der Waals surface area contributed by atoms with Gasteiger partial charge in [-0.05, 0) is 26.7 Å². The lowest BCUT2D eigenvalue weighted by molar-refractivity contribution is 0.0263. The van der Waals surface area contributed by atoms with Crippen LogP contribution in [0.15, 0.2) is 11.2 Å². The van der Waals surface area contributed by atoms with Gasteiger partial charge in [0, 0.05) is 37.8 Å². The summed E-state index contributed by atoms with van der Waals surface area (Å²) in [5, 5.41) is 4.53. The number of rotatable bonds is 4. The van der Waals surface area contributed by atoms with Crippen LogP contribution in [0.1, 0.15) is 29.7 Å². The van der Waals surface area contributed by atoms with Crippen molar-refractivity contribution in [3.05, 3.63) is 16.1 Å². The molecule has 1 saturated heterocycles.